The maximum Gasteiger partial charge on any atom is 0.237 e. The van der Waals surface area contributed by atoms with Crippen molar-refractivity contribution >= 4 is 11.8 Å². The van der Waals surface area contributed by atoms with E-state index in [0.717, 1.165) is 19.6 Å². The van der Waals surface area contributed by atoms with Gasteiger partial charge >= 0.3 is 0 Å². The standard InChI is InChI=1S/C20H31N3O2/c1-5-22(6-2)18(24)20(3,4)19(25)23-14-12-21(13-15-23)16-17-10-8-7-9-11-17/h7-11H,5-6,12-16H2,1-4H3. The summed E-state index contributed by atoms with van der Waals surface area (Å²) in [6.07, 6.45) is 0. The van der Waals surface area contributed by atoms with Gasteiger partial charge < -0.3 is 9.80 Å². The molecule has 1 aromatic carbocycles. The molecule has 0 aliphatic carbocycles. The van der Waals surface area contributed by atoms with E-state index >= 15 is 0 Å². The number of carbonyl (C=O) groups is 2. The van der Waals surface area contributed by atoms with E-state index in [-0.39, 0.29) is 11.8 Å². The van der Waals surface area contributed by atoms with Gasteiger partial charge in [0.25, 0.3) is 0 Å². The highest BCUT2D eigenvalue weighted by Crippen LogP contribution is 2.23. The van der Waals surface area contributed by atoms with E-state index in [1.165, 1.54) is 5.56 Å². The zero-order chi connectivity index (χ0) is 18.4. The van der Waals surface area contributed by atoms with Gasteiger partial charge in [0, 0.05) is 45.8 Å². The van der Waals surface area contributed by atoms with Gasteiger partial charge in [-0.25, -0.2) is 0 Å². The van der Waals surface area contributed by atoms with E-state index in [0.29, 0.717) is 26.2 Å². The van der Waals surface area contributed by atoms with Crippen molar-refractivity contribution in [1.29, 1.82) is 0 Å². The molecular formula is C20H31N3O2. The second kappa shape index (κ2) is 8.48. The van der Waals surface area contributed by atoms with Crippen molar-refractivity contribution in [3.05, 3.63) is 35.9 Å². The molecule has 138 valence electrons. The molecule has 0 spiro atoms. The predicted octanol–water partition coefficient (Wildman–Crippen LogP) is 2.23. The minimum absolute atomic E-state index is 0.0521. The summed E-state index contributed by atoms with van der Waals surface area (Å²) in [6, 6.07) is 10.4. The van der Waals surface area contributed by atoms with E-state index in [9.17, 15) is 9.59 Å². The summed E-state index contributed by atoms with van der Waals surface area (Å²) in [5, 5.41) is 0. The Morgan fingerprint density at radius 1 is 1.00 bits per heavy atom. The molecule has 2 amide bonds. The van der Waals surface area contributed by atoms with Gasteiger partial charge in [0.05, 0.1) is 0 Å². The van der Waals surface area contributed by atoms with Gasteiger partial charge in [0.1, 0.15) is 5.41 Å². The monoisotopic (exact) mass is 345 g/mol. The van der Waals surface area contributed by atoms with Crippen molar-refractivity contribution < 1.29 is 9.59 Å². The average molecular weight is 345 g/mol. The van der Waals surface area contributed by atoms with Gasteiger partial charge in [-0.3, -0.25) is 14.5 Å². The summed E-state index contributed by atoms with van der Waals surface area (Å²) < 4.78 is 0. The molecule has 1 saturated heterocycles. The zero-order valence-electron chi connectivity index (χ0n) is 16.0. The van der Waals surface area contributed by atoms with Crippen LogP contribution >= 0.6 is 0 Å². The molecule has 0 bridgehead atoms. The molecule has 0 atom stereocenters. The van der Waals surface area contributed by atoms with Crippen LogP contribution in [0.1, 0.15) is 33.3 Å². The third kappa shape index (κ3) is 4.60. The number of amides is 2. The van der Waals surface area contributed by atoms with E-state index in [4.69, 9.17) is 0 Å². The molecular weight excluding hydrogens is 314 g/mol. The largest absolute Gasteiger partial charge is 0.342 e. The maximum absolute atomic E-state index is 12.9. The third-order valence-electron chi connectivity index (χ3n) is 5.03. The molecule has 2 rings (SSSR count). The van der Waals surface area contributed by atoms with Gasteiger partial charge in [-0.1, -0.05) is 30.3 Å². The molecule has 0 unspecified atom stereocenters. The number of hydrogen-bond acceptors (Lipinski definition) is 3. The Labute approximate surface area is 151 Å². The fraction of sp³-hybridized carbons (Fsp3) is 0.600. The lowest BCUT2D eigenvalue weighted by Crippen LogP contribution is -2.55. The van der Waals surface area contributed by atoms with Crippen molar-refractivity contribution in [1.82, 2.24) is 14.7 Å². The molecule has 1 heterocycles. The summed E-state index contributed by atoms with van der Waals surface area (Å²) in [5.74, 6) is -0.127. The molecule has 1 aliphatic heterocycles. The van der Waals surface area contributed by atoms with Crippen LogP contribution in [0.25, 0.3) is 0 Å². The van der Waals surface area contributed by atoms with Crippen LogP contribution in [0.2, 0.25) is 0 Å². The van der Waals surface area contributed by atoms with E-state index in [1.54, 1.807) is 18.7 Å². The van der Waals surface area contributed by atoms with Crippen molar-refractivity contribution in [3.63, 3.8) is 0 Å². The molecule has 1 fully saturated rings. The molecule has 5 heteroatoms. The Kier molecular flexibility index (Phi) is 6.59. The predicted molar refractivity (Wildman–Crippen MR) is 100 cm³/mol. The van der Waals surface area contributed by atoms with Crippen molar-refractivity contribution in [2.75, 3.05) is 39.3 Å². The molecule has 0 saturated carbocycles. The van der Waals surface area contributed by atoms with Gasteiger partial charge in [0.2, 0.25) is 11.8 Å². The number of piperazine rings is 1. The van der Waals surface area contributed by atoms with Crippen molar-refractivity contribution in [2.45, 2.75) is 34.2 Å². The highest BCUT2D eigenvalue weighted by Gasteiger charge is 2.41. The van der Waals surface area contributed by atoms with Crippen molar-refractivity contribution in [3.8, 4) is 0 Å². The number of rotatable bonds is 6. The highest BCUT2D eigenvalue weighted by atomic mass is 16.2. The number of carbonyl (C=O) groups excluding carboxylic acids is 2. The van der Waals surface area contributed by atoms with Crippen LogP contribution in [0.5, 0.6) is 0 Å². The summed E-state index contributed by atoms with van der Waals surface area (Å²) in [5.41, 5.74) is 0.299. The highest BCUT2D eigenvalue weighted by molar-refractivity contribution is 6.04. The van der Waals surface area contributed by atoms with Gasteiger partial charge in [0.15, 0.2) is 0 Å². The molecule has 0 radical (unpaired) electrons. The van der Waals surface area contributed by atoms with Crippen LogP contribution in [0, 0.1) is 5.41 Å². The molecule has 5 nitrogen and oxygen atoms in total. The first kappa shape index (κ1) is 19.4. The fourth-order valence-electron chi connectivity index (χ4n) is 3.34. The number of hydrogen-bond donors (Lipinski definition) is 0. The Bertz CT molecular complexity index is 574. The van der Waals surface area contributed by atoms with Crippen LogP contribution in [-0.2, 0) is 16.1 Å². The Hall–Kier alpha value is -1.88. The van der Waals surface area contributed by atoms with Crippen LogP contribution < -0.4 is 0 Å². The van der Waals surface area contributed by atoms with E-state index in [1.807, 2.05) is 24.8 Å². The van der Waals surface area contributed by atoms with Gasteiger partial charge in [-0.05, 0) is 33.3 Å². The van der Waals surface area contributed by atoms with Gasteiger partial charge in [-0.2, -0.15) is 0 Å². The lowest BCUT2D eigenvalue weighted by molar-refractivity contribution is -0.155. The third-order valence-corrected chi connectivity index (χ3v) is 5.03. The summed E-state index contributed by atoms with van der Waals surface area (Å²) in [4.78, 5) is 31.6. The van der Waals surface area contributed by atoms with E-state index in [2.05, 4.69) is 29.2 Å². The Morgan fingerprint density at radius 3 is 2.08 bits per heavy atom. The number of nitrogens with zero attached hydrogens (tertiary/aromatic N) is 3. The molecule has 25 heavy (non-hydrogen) atoms. The molecule has 0 aromatic heterocycles. The Balaban J connectivity index is 1.93. The first-order chi connectivity index (χ1) is 11.9. The first-order valence-corrected chi connectivity index (χ1v) is 9.25. The zero-order valence-corrected chi connectivity index (χ0v) is 16.0. The normalized spacial score (nSPS) is 15.9. The lowest BCUT2D eigenvalue weighted by Gasteiger charge is -2.39. The van der Waals surface area contributed by atoms with Crippen LogP contribution in [0.3, 0.4) is 0 Å². The smallest absolute Gasteiger partial charge is 0.237 e. The molecule has 0 N–H and O–H groups in total. The second-order valence-corrected chi connectivity index (χ2v) is 7.16. The average Bonchev–Trinajstić information content (AvgIpc) is 2.63. The molecule has 1 aromatic rings. The summed E-state index contributed by atoms with van der Waals surface area (Å²) >= 11 is 0. The topological polar surface area (TPSA) is 43.9 Å². The second-order valence-electron chi connectivity index (χ2n) is 7.16. The Morgan fingerprint density at radius 2 is 1.56 bits per heavy atom. The van der Waals surface area contributed by atoms with Crippen molar-refractivity contribution in [2.24, 2.45) is 5.41 Å². The minimum Gasteiger partial charge on any atom is -0.342 e. The van der Waals surface area contributed by atoms with Crippen LogP contribution in [0.4, 0.5) is 0 Å². The maximum atomic E-state index is 12.9. The first-order valence-electron chi connectivity index (χ1n) is 9.25. The van der Waals surface area contributed by atoms with Crippen LogP contribution in [0.15, 0.2) is 30.3 Å². The quantitative estimate of drug-likeness (QED) is 0.743. The summed E-state index contributed by atoms with van der Waals surface area (Å²) in [6.45, 7) is 12.6. The minimum atomic E-state index is -0.992. The van der Waals surface area contributed by atoms with Crippen LogP contribution in [-0.4, -0.2) is 65.8 Å². The van der Waals surface area contributed by atoms with Gasteiger partial charge in [-0.15, -0.1) is 0 Å². The summed E-state index contributed by atoms with van der Waals surface area (Å²) in [7, 11) is 0. The van der Waals surface area contributed by atoms with E-state index < -0.39 is 5.41 Å². The lowest BCUT2D eigenvalue weighted by atomic mass is 9.89. The number of benzene rings is 1. The SMILES string of the molecule is CCN(CC)C(=O)C(C)(C)C(=O)N1CCN(Cc2ccccc2)CC1. The molecule has 1 aliphatic rings. The fourth-order valence-corrected chi connectivity index (χ4v) is 3.34.